The van der Waals surface area contributed by atoms with Gasteiger partial charge in [0.05, 0.1) is 17.8 Å². The van der Waals surface area contributed by atoms with E-state index in [-0.39, 0.29) is 5.76 Å². The van der Waals surface area contributed by atoms with Crippen LogP contribution < -0.4 is 10.2 Å². The predicted molar refractivity (Wildman–Crippen MR) is 118 cm³/mol. The number of furan rings is 1. The first kappa shape index (κ1) is 20.2. The van der Waals surface area contributed by atoms with Crippen LogP contribution in [0, 0.1) is 11.3 Å². The van der Waals surface area contributed by atoms with Crippen molar-refractivity contribution in [3.63, 3.8) is 0 Å². The maximum absolute atomic E-state index is 12.2. The van der Waals surface area contributed by atoms with E-state index in [2.05, 4.69) is 16.6 Å². The standard InChI is InChI=1S/C24H16ClN3O3/c25-20-7-10-22-19(11-20)12-23(31-22)24(29)28-27-14-16-5-8-21(9-6-16)30-15-18-4-2-1-3-17(18)13-26/h1-12,14H,15H2,(H,28,29)/b27-14+. The fraction of sp³-hybridized carbons (Fsp3) is 0.0417. The Bertz CT molecular complexity index is 1300. The molecular weight excluding hydrogens is 414 g/mol. The Morgan fingerprint density at radius 1 is 1.13 bits per heavy atom. The van der Waals surface area contributed by atoms with Crippen LogP contribution >= 0.6 is 11.6 Å². The van der Waals surface area contributed by atoms with Crippen LogP contribution in [0.15, 0.2) is 82.3 Å². The van der Waals surface area contributed by atoms with E-state index in [0.717, 1.165) is 16.5 Å². The molecule has 0 bridgehead atoms. The zero-order chi connectivity index (χ0) is 21.6. The largest absolute Gasteiger partial charge is 0.489 e. The summed E-state index contributed by atoms with van der Waals surface area (Å²) in [4.78, 5) is 12.2. The molecule has 1 N–H and O–H groups in total. The number of carbonyl (C=O) groups is 1. The number of ether oxygens (including phenoxy) is 1. The van der Waals surface area contributed by atoms with Crippen LogP contribution in [0.2, 0.25) is 5.02 Å². The van der Waals surface area contributed by atoms with Crippen molar-refractivity contribution < 1.29 is 13.9 Å². The molecule has 4 rings (SSSR count). The Morgan fingerprint density at radius 3 is 2.74 bits per heavy atom. The van der Waals surface area contributed by atoms with E-state index in [9.17, 15) is 4.79 Å². The van der Waals surface area contributed by atoms with Gasteiger partial charge in [-0.1, -0.05) is 29.8 Å². The molecule has 1 heterocycles. The first-order valence-electron chi connectivity index (χ1n) is 9.36. The number of halogens is 1. The van der Waals surface area contributed by atoms with E-state index in [0.29, 0.717) is 28.5 Å². The molecule has 0 aliphatic heterocycles. The Balaban J connectivity index is 1.34. The van der Waals surface area contributed by atoms with Crippen LogP contribution in [0.3, 0.4) is 0 Å². The maximum Gasteiger partial charge on any atom is 0.307 e. The van der Waals surface area contributed by atoms with Crippen molar-refractivity contribution in [1.82, 2.24) is 5.43 Å². The Hall–Kier alpha value is -4.08. The number of benzene rings is 3. The van der Waals surface area contributed by atoms with Crippen LogP contribution in [0.5, 0.6) is 5.75 Å². The first-order chi connectivity index (χ1) is 15.1. The lowest BCUT2D eigenvalue weighted by Gasteiger charge is -2.07. The van der Waals surface area contributed by atoms with Crippen molar-refractivity contribution >= 4 is 34.7 Å². The molecule has 4 aromatic rings. The summed E-state index contributed by atoms with van der Waals surface area (Å²) in [6, 6.07) is 23.4. The number of nitrogens with zero attached hydrogens (tertiary/aromatic N) is 2. The quantitative estimate of drug-likeness (QED) is 0.332. The smallest absolute Gasteiger partial charge is 0.307 e. The van der Waals surface area contributed by atoms with Gasteiger partial charge in [0.1, 0.15) is 17.9 Å². The minimum absolute atomic E-state index is 0.149. The van der Waals surface area contributed by atoms with Gasteiger partial charge in [-0.25, -0.2) is 5.43 Å². The van der Waals surface area contributed by atoms with Crippen molar-refractivity contribution in [2.45, 2.75) is 6.61 Å². The zero-order valence-electron chi connectivity index (χ0n) is 16.2. The highest BCUT2D eigenvalue weighted by Gasteiger charge is 2.11. The highest BCUT2D eigenvalue weighted by atomic mass is 35.5. The van der Waals surface area contributed by atoms with Crippen molar-refractivity contribution in [2.75, 3.05) is 0 Å². The van der Waals surface area contributed by atoms with E-state index in [1.807, 2.05) is 30.3 Å². The zero-order valence-corrected chi connectivity index (χ0v) is 17.0. The molecule has 1 amide bonds. The highest BCUT2D eigenvalue weighted by Crippen LogP contribution is 2.23. The molecule has 3 aromatic carbocycles. The molecule has 0 saturated heterocycles. The van der Waals surface area contributed by atoms with Gasteiger partial charge in [-0.3, -0.25) is 4.79 Å². The Labute approximate surface area is 183 Å². The summed E-state index contributed by atoms with van der Waals surface area (Å²) in [5.41, 5.74) is 5.21. The second-order valence-corrected chi connectivity index (χ2v) is 7.06. The van der Waals surface area contributed by atoms with Crippen molar-refractivity contribution in [1.29, 1.82) is 5.26 Å². The summed E-state index contributed by atoms with van der Waals surface area (Å²) in [5.74, 6) is 0.352. The molecule has 6 nitrogen and oxygen atoms in total. The van der Waals surface area contributed by atoms with Crippen molar-refractivity contribution in [2.24, 2.45) is 5.10 Å². The van der Waals surface area contributed by atoms with Gasteiger partial charge in [0.15, 0.2) is 5.76 Å². The van der Waals surface area contributed by atoms with Gasteiger partial charge in [-0.05, 0) is 60.2 Å². The summed E-state index contributed by atoms with van der Waals surface area (Å²) in [7, 11) is 0. The molecule has 0 aliphatic rings. The predicted octanol–water partition coefficient (Wildman–Crippen LogP) is 5.30. The van der Waals surface area contributed by atoms with Gasteiger partial charge < -0.3 is 9.15 Å². The molecule has 0 fully saturated rings. The molecule has 31 heavy (non-hydrogen) atoms. The van der Waals surface area contributed by atoms with Crippen LogP contribution in [0.4, 0.5) is 0 Å². The van der Waals surface area contributed by atoms with Crippen molar-refractivity contribution in [3.8, 4) is 11.8 Å². The van der Waals surface area contributed by atoms with E-state index in [1.165, 1.54) is 6.21 Å². The Morgan fingerprint density at radius 2 is 1.94 bits per heavy atom. The average molecular weight is 430 g/mol. The minimum Gasteiger partial charge on any atom is -0.489 e. The molecule has 0 spiro atoms. The Kier molecular flexibility index (Phi) is 5.97. The number of hydrazone groups is 1. The second-order valence-electron chi connectivity index (χ2n) is 6.62. The molecule has 0 radical (unpaired) electrons. The summed E-state index contributed by atoms with van der Waals surface area (Å²) in [6.45, 7) is 0.302. The summed E-state index contributed by atoms with van der Waals surface area (Å²) in [5, 5.41) is 14.4. The molecular formula is C24H16ClN3O3. The lowest BCUT2D eigenvalue weighted by atomic mass is 10.1. The van der Waals surface area contributed by atoms with Gasteiger partial charge in [0.2, 0.25) is 0 Å². The minimum atomic E-state index is -0.459. The average Bonchev–Trinajstić information content (AvgIpc) is 3.22. The second kappa shape index (κ2) is 9.16. The third kappa shape index (κ3) is 4.92. The number of nitrogens with one attached hydrogen (secondary N) is 1. The molecule has 0 aliphatic carbocycles. The van der Waals surface area contributed by atoms with E-state index in [1.54, 1.807) is 42.5 Å². The molecule has 0 saturated carbocycles. The third-order valence-electron chi connectivity index (χ3n) is 4.49. The molecule has 0 atom stereocenters. The fourth-order valence-electron chi connectivity index (χ4n) is 2.91. The van der Waals surface area contributed by atoms with Crippen LogP contribution in [-0.2, 0) is 6.61 Å². The normalized spacial score (nSPS) is 10.8. The number of hydrogen-bond donors (Lipinski definition) is 1. The first-order valence-corrected chi connectivity index (χ1v) is 9.73. The number of hydrogen-bond acceptors (Lipinski definition) is 5. The summed E-state index contributed by atoms with van der Waals surface area (Å²) in [6.07, 6.45) is 1.52. The van der Waals surface area contributed by atoms with E-state index >= 15 is 0 Å². The number of nitriles is 1. The molecule has 0 unspecified atom stereocenters. The van der Waals surface area contributed by atoms with Gasteiger partial charge in [-0.2, -0.15) is 10.4 Å². The van der Waals surface area contributed by atoms with Gasteiger partial charge in [0.25, 0.3) is 0 Å². The number of fused-ring (bicyclic) bond motifs is 1. The highest BCUT2D eigenvalue weighted by molar-refractivity contribution is 6.31. The van der Waals surface area contributed by atoms with E-state index in [4.69, 9.17) is 26.0 Å². The monoisotopic (exact) mass is 429 g/mol. The number of amides is 1. The van der Waals surface area contributed by atoms with Gasteiger partial charge in [-0.15, -0.1) is 0 Å². The molecule has 7 heteroatoms. The number of rotatable bonds is 6. The third-order valence-corrected chi connectivity index (χ3v) is 4.73. The topological polar surface area (TPSA) is 87.6 Å². The lowest BCUT2D eigenvalue weighted by Crippen LogP contribution is -2.16. The van der Waals surface area contributed by atoms with Crippen LogP contribution in [0.25, 0.3) is 11.0 Å². The van der Waals surface area contributed by atoms with Crippen molar-refractivity contribution in [3.05, 3.63) is 100 Å². The number of carbonyl (C=O) groups excluding carboxylic acids is 1. The molecule has 152 valence electrons. The van der Waals surface area contributed by atoms with Gasteiger partial charge in [0, 0.05) is 16.0 Å². The molecule has 1 aromatic heterocycles. The van der Waals surface area contributed by atoms with Crippen LogP contribution in [-0.4, -0.2) is 12.1 Å². The maximum atomic E-state index is 12.2. The van der Waals surface area contributed by atoms with Crippen LogP contribution in [0.1, 0.15) is 27.2 Å². The fourth-order valence-corrected chi connectivity index (χ4v) is 3.09. The van der Waals surface area contributed by atoms with Gasteiger partial charge >= 0.3 is 5.91 Å². The SMILES string of the molecule is N#Cc1ccccc1COc1ccc(/C=N/NC(=O)c2cc3cc(Cl)ccc3o2)cc1. The van der Waals surface area contributed by atoms with E-state index < -0.39 is 5.91 Å². The lowest BCUT2D eigenvalue weighted by molar-refractivity contribution is 0.0929. The summed E-state index contributed by atoms with van der Waals surface area (Å²) < 4.78 is 11.2. The summed E-state index contributed by atoms with van der Waals surface area (Å²) >= 11 is 5.95.